The van der Waals surface area contributed by atoms with Gasteiger partial charge in [-0.05, 0) is 24.3 Å². The lowest BCUT2D eigenvalue weighted by Crippen LogP contribution is -2.13. The number of benzene rings is 2. The fourth-order valence-corrected chi connectivity index (χ4v) is 2.37. The van der Waals surface area contributed by atoms with Gasteiger partial charge in [-0.15, -0.1) is 0 Å². The highest BCUT2D eigenvalue weighted by Gasteiger charge is 2.15. The number of ether oxygens (including phenoxy) is 4. The molecule has 0 heterocycles. The SMILES string of the molecule is COc1cc(OC)c(NC(=O)c2ccc(OC)c(OC)c2)cc1Cl. The monoisotopic (exact) mass is 351 g/mol. The molecule has 0 saturated heterocycles. The quantitative estimate of drug-likeness (QED) is 0.860. The van der Waals surface area contributed by atoms with Gasteiger partial charge < -0.3 is 24.3 Å². The Morgan fingerprint density at radius 2 is 1.46 bits per heavy atom. The summed E-state index contributed by atoms with van der Waals surface area (Å²) in [4.78, 5) is 12.5. The van der Waals surface area contributed by atoms with Gasteiger partial charge in [-0.25, -0.2) is 0 Å². The molecule has 0 aliphatic heterocycles. The molecular formula is C17H18ClNO5. The Morgan fingerprint density at radius 1 is 0.833 bits per heavy atom. The van der Waals surface area contributed by atoms with Gasteiger partial charge in [0.05, 0.1) is 39.1 Å². The molecule has 2 aromatic rings. The smallest absolute Gasteiger partial charge is 0.255 e. The molecule has 0 saturated carbocycles. The fraction of sp³-hybridized carbons (Fsp3) is 0.235. The first-order chi connectivity index (χ1) is 11.5. The maximum atomic E-state index is 12.5. The number of anilines is 1. The van der Waals surface area contributed by atoms with Crippen molar-refractivity contribution in [1.82, 2.24) is 0 Å². The van der Waals surface area contributed by atoms with E-state index >= 15 is 0 Å². The Balaban J connectivity index is 2.31. The molecule has 0 aliphatic carbocycles. The summed E-state index contributed by atoms with van der Waals surface area (Å²) in [6.07, 6.45) is 0. The zero-order valence-electron chi connectivity index (χ0n) is 13.8. The summed E-state index contributed by atoms with van der Waals surface area (Å²) < 4.78 is 20.8. The molecule has 0 unspecified atom stereocenters. The number of amides is 1. The third-order valence-electron chi connectivity index (χ3n) is 3.37. The van der Waals surface area contributed by atoms with E-state index < -0.39 is 0 Å². The van der Waals surface area contributed by atoms with Crippen LogP contribution in [-0.2, 0) is 0 Å². The van der Waals surface area contributed by atoms with Crippen LogP contribution in [-0.4, -0.2) is 34.3 Å². The summed E-state index contributed by atoms with van der Waals surface area (Å²) in [7, 11) is 6.03. The predicted octanol–water partition coefficient (Wildman–Crippen LogP) is 3.63. The molecule has 0 aromatic heterocycles. The molecule has 0 atom stereocenters. The van der Waals surface area contributed by atoms with Crippen molar-refractivity contribution in [3.8, 4) is 23.0 Å². The van der Waals surface area contributed by atoms with Gasteiger partial charge in [0, 0.05) is 11.6 Å². The van der Waals surface area contributed by atoms with Gasteiger partial charge in [0.25, 0.3) is 5.91 Å². The number of carbonyl (C=O) groups is 1. The summed E-state index contributed by atoms with van der Waals surface area (Å²) in [5.41, 5.74) is 0.838. The lowest BCUT2D eigenvalue weighted by Gasteiger charge is -2.14. The van der Waals surface area contributed by atoms with Crippen LogP contribution in [0.5, 0.6) is 23.0 Å². The summed E-state index contributed by atoms with van der Waals surface area (Å²) in [5.74, 6) is 1.56. The topological polar surface area (TPSA) is 66.0 Å². The van der Waals surface area contributed by atoms with Crippen LogP contribution in [0.1, 0.15) is 10.4 Å². The van der Waals surface area contributed by atoms with Crippen molar-refractivity contribution in [3.05, 3.63) is 40.9 Å². The molecule has 0 bridgehead atoms. The normalized spacial score (nSPS) is 10.0. The summed E-state index contributed by atoms with van der Waals surface area (Å²) in [6.45, 7) is 0. The summed E-state index contributed by atoms with van der Waals surface area (Å²) in [5, 5.41) is 3.12. The molecule has 6 nitrogen and oxygen atoms in total. The van der Waals surface area contributed by atoms with Gasteiger partial charge in [-0.3, -0.25) is 4.79 Å². The average Bonchev–Trinajstić information content (AvgIpc) is 2.61. The number of rotatable bonds is 6. The maximum Gasteiger partial charge on any atom is 0.255 e. The Hall–Kier alpha value is -2.60. The second-order valence-corrected chi connectivity index (χ2v) is 5.12. The van der Waals surface area contributed by atoms with Gasteiger partial charge in [0.1, 0.15) is 11.5 Å². The largest absolute Gasteiger partial charge is 0.495 e. The van der Waals surface area contributed by atoms with E-state index in [1.54, 1.807) is 30.3 Å². The van der Waals surface area contributed by atoms with Gasteiger partial charge in [-0.2, -0.15) is 0 Å². The van der Waals surface area contributed by atoms with Crippen molar-refractivity contribution < 1.29 is 23.7 Å². The highest BCUT2D eigenvalue weighted by atomic mass is 35.5. The van der Waals surface area contributed by atoms with Crippen molar-refractivity contribution in [1.29, 1.82) is 0 Å². The lowest BCUT2D eigenvalue weighted by molar-refractivity contribution is 0.102. The van der Waals surface area contributed by atoms with E-state index in [0.717, 1.165) is 0 Å². The Morgan fingerprint density at radius 3 is 2.04 bits per heavy atom. The van der Waals surface area contributed by atoms with E-state index in [1.165, 1.54) is 28.4 Å². The molecule has 7 heteroatoms. The van der Waals surface area contributed by atoms with E-state index in [2.05, 4.69) is 5.32 Å². The summed E-state index contributed by atoms with van der Waals surface area (Å²) >= 11 is 6.11. The molecule has 0 spiro atoms. The minimum Gasteiger partial charge on any atom is -0.495 e. The van der Waals surface area contributed by atoms with Gasteiger partial charge in [0.15, 0.2) is 11.5 Å². The predicted molar refractivity (Wildman–Crippen MR) is 92.1 cm³/mol. The first-order valence-electron chi connectivity index (χ1n) is 6.99. The number of hydrogen-bond donors (Lipinski definition) is 1. The Kier molecular flexibility index (Phi) is 5.76. The molecule has 0 radical (unpaired) electrons. The van der Waals surface area contributed by atoms with E-state index in [4.69, 9.17) is 30.5 Å². The standard InChI is InChI=1S/C17H18ClNO5/c1-21-13-6-5-10(7-16(13)24-4)17(20)19-12-8-11(18)14(22-2)9-15(12)23-3/h5-9H,1-4H3,(H,19,20). The molecule has 0 fully saturated rings. The molecule has 24 heavy (non-hydrogen) atoms. The Bertz CT molecular complexity index is 748. The number of methoxy groups -OCH3 is 4. The van der Waals surface area contributed by atoms with Crippen molar-refractivity contribution in [2.45, 2.75) is 0 Å². The van der Waals surface area contributed by atoms with Crippen LogP contribution in [0, 0.1) is 0 Å². The first kappa shape index (κ1) is 17.7. The molecular weight excluding hydrogens is 334 g/mol. The second kappa shape index (κ2) is 7.79. The number of hydrogen-bond acceptors (Lipinski definition) is 5. The van der Waals surface area contributed by atoms with E-state index in [-0.39, 0.29) is 5.91 Å². The minimum atomic E-state index is -0.338. The van der Waals surface area contributed by atoms with Crippen molar-refractivity contribution in [2.24, 2.45) is 0 Å². The molecule has 1 amide bonds. The number of nitrogens with one attached hydrogen (secondary N) is 1. The molecule has 0 aliphatic rings. The minimum absolute atomic E-state index is 0.338. The highest BCUT2D eigenvalue weighted by Crippen LogP contribution is 2.36. The zero-order valence-corrected chi connectivity index (χ0v) is 14.6. The van der Waals surface area contributed by atoms with Gasteiger partial charge >= 0.3 is 0 Å². The van der Waals surface area contributed by atoms with Crippen molar-refractivity contribution in [3.63, 3.8) is 0 Å². The summed E-state index contributed by atoms with van der Waals surface area (Å²) in [6, 6.07) is 8.05. The molecule has 1 N–H and O–H groups in total. The maximum absolute atomic E-state index is 12.5. The van der Waals surface area contributed by atoms with Crippen molar-refractivity contribution >= 4 is 23.2 Å². The van der Waals surface area contributed by atoms with Crippen LogP contribution in [0.2, 0.25) is 5.02 Å². The molecule has 2 aromatic carbocycles. The van der Waals surface area contributed by atoms with Crippen LogP contribution < -0.4 is 24.3 Å². The van der Waals surface area contributed by atoms with E-state index in [9.17, 15) is 4.79 Å². The fourth-order valence-electron chi connectivity index (χ4n) is 2.13. The number of halogens is 1. The lowest BCUT2D eigenvalue weighted by atomic mass is 10.1. The van der Waals surface area contributed by atoms with Crippen LogP contribution in [0.3, 0.4) is 0 Å². The van der Waals surface area contributed by atoms with Crippen LogP contribution in [0.15, 0.2) is 30.3 Å². The number of carbonyl (C=O) groups excluding carboxylic acids is 1. The van der Waals surface area contributed by atoms with Crippen LogP contribution in [0.4, 0.5) is 5.69 Å². The van der Waals surface area contributed by atoms with Crippen LogP contribution >= 0.6 is 11.6 Å². The average molecular weight is 352 g/mol. The van der Waals surface area contributed by atoms with E-state index in [1.807, 2.05) is 0 Å². The van der Waals surface area contributed by atoms with Crippen LogP contribution in [0.25, 0.3) is 0 Å². The van der Waals surface area contributed by atoms with Gasteiger partial charge in [-0.1, -0.05) is 11.6 Å². The first-order valence-corrected chi connectivity index (χ1v) is 7.36. The third kappa shape index (κ3) is 3.65. The van der Waals surface area contributed by atoms with Crippen molar-refractivity contribution in [2.75, 3.05) is 33.8 Å². The van der Waals surface area contributed by atoms with E-state index in [0.29, 0.717) is 39.3 Å². The zero-order chi connectivity index (χ0) is 17.7. The Labute approximate surface area is 145 Å². The van der Waals surface area contributed by atoms with Gasteiger partial charge in [0.2, 0.25) is 0 Å². The second-order valence-electron chi connectivity index (χ2n) is 4.71. The molecule has 2 rings (SSSR count). The molecule has 128 valence electrons. The highest BCUT2D eigenvalue weighted by molar-refractivity contribution is 6.32. The third-order valence-corrected chi connectivity index (χ3v) is 3.66.